The van der Waals surface area contributed by atoms with Gasteiger partial charge in [0.1, 0.15) is 5.82 Å². The van der Waals surface area contributed by atoms with E-state index in [9.17, 15) is 17.6 Å². The molecule has 0 aliphatic carbocycles. The van der Waals surface area contributed by atoms with Crippen LogP contribution in [0.2, 0.25) is 0 Å². The normalized spacial score (nSPS) is 14.1. The van der Waals surface area contributed by atoms with Gasteiger partial charge in [0.05, 0.1) is 25.3 Å². The van der Waals surface area contributed by atoms with Crippen LogP contribution < -0.4 is 20.5 Å². The van der Waals surface area contributed by atoms with E-state index >= 15 is 0 Å². The second kappa shape index (κ2) is 9.30. The van der Waals surface area contributed by atoms with Crippen LogP contribution >= 0.6 is 24.0 Å². The van der Waals surface area contributed by atoms with E-state index in [1.54, 1.807) is 18.2 Å². The van der Waals surface area contributed by atoms with E-state index in [1.807, 2.05) is 0 Å². The summed E-state index contributed by atoms with van der Waals surface area (Å²) in [7, 11) is 0. The molecule has 0 radical (unpaired) electrons. The summed E-state index contributed by atoms with van der Waals surface area (Å²) in [6.45, 7) is 0.728. The van der Waals surface area contributed by atoms with Gasteiger partial charge in [-0.25, -0.2) is 9.38 Å². The number of hydrogen-bond donors (Lipinski definition) is 2. The number of fused-ring (bicyclic) bond motifs is 1. The van der Waals surface area contributed by atoms with Crippen LogP contribution in [0.4, 0.5) is 23.2 Å². The summed E-state index contributed by atoms with van der Waals surface area (Å²) in [6.07, 6.45) is -3.91. The van der Waals surface area contributed by atoms with Crippen molar-refractivity contribution < 1.29 is 27.0 Å². The van der Waals surface area contributed by atoms with E-state index < -0.39 is 17.6 Å². The highest BCUT2D eigenvalue weighted by Gasteiger charge is 2.33. The molecule has 0 saturated carbocycles. The number of benzene rings is 2. The quantitative estimate of drug-likeness (QED) is 0.275. The number of nitrogens with two attached hydrogens (primary N) is 1. The Morgan fingerprint density at radius 3 is 2.50 bits per heavy atom. The molecule has 2 aromatic rings. The molecular formula is C18H18F4IN3O2. The Balaban J connectivity index is 0.00000280. The first-order valence-corrected chi connectivity index (χ1v) is 8.15. The van der Waals surface area contributed by atoms with E-state index in [2.05, 4.69) is 10.3 Å². The number of anilines is 1. The molecule has 0 amide bonds. The number of nitrogens with zero attached hydrogens (tertiary/aromatic N) is 1. The molecule has 0 spiro atoms. The van der Waals surface area contributed by atoms with Crippen molar-refractivity contribution in [3.05, 3.63) is 53.3 Å². The lowest BCUT2D eigenvalue weighted by Crippen LogP contribution is -2.23. The lowest BCUT2D eigenvalue weighted by molar-refractivity contribution is -0.138. The van der Waals surface area contributed by atoms with Crippen LogP contribution in [0, 0.1) is 5.82 Å². The summed E-state index contributed by atoms with van der Waals surface area (Å²) in [5.41, 5.74) is 5.06. The molecule has 0 fully saturated rings. The number of alkyl halides is 3. The number of hydrogen-bond acceptors (Lipinski definition) is 3. The molecule has 3 N–H and O–H groups in total. The van der Waals surface area contributed by atoms with Crippen LogP contribution in [0.1, 0.15) is 17.5 Å². The minimum absolute atomic E-state index is 0. The topological polar surface area (TPSA) is 68.9 Å². The highest BCUT2D eigenvalue weighted by atomic mass is 127. The molecule has 10 heteroatoms. The van der Waals surface area contributed by atoms with Gasteiger partial charge in [-0.05, 0) is 29.8 Å². The third-order valence-corrected chi connectivity index (χ3v) is 3.82. The molecule has 0 saturated heterocycles. The minimum atomic E-state index is -4.68. The monoisotopic (exact) mass is 511 g/mol. The molecule has 0 bridgehead atoms. The van der Waals surface area contributed by atoms with Crippen molar-refractivity contribution in [3.8, 4) is 11.5 Å². The SMILES string of the molecule is I.NC(=NCc1ccc(F)cc1C(F)(F)F)Nc1ccc2c(c1)OCCCO2. The van der Waals surface area contributed by atoms with Crippen molar-refractivity contribution in [2.75, 3.05) is 18.5 Å². The largest absolute Gasteiger partial charge is 0.490 e. The average Bonchev–Trinajstić information content (AvgIpc) is 2.85. The Morgan fingerprint density at radius 2 is 1.79 bits per heavy atom. The van der Waals surface area contributed by atoms with E-state index in [1.165, 1.54) is 0 Å². The number of rotatable bonds is 3. The van der Waals surface area contributed by atoms with Gasteiger partial charge >= 0.3 is 6.18 Å². The lowest BCUT2D eigenvalue weighted by atomic mass is 10.1. The fourth-order valence-electron chi connectivity index (χ4n) is 2.55. The Bertz CT molecular complexity index is 859. The maximum atomic E-state index is 13.1. The third kappa shape index (κ3) is 5.63. The Kier molecular flexibility index (Phi) is 7.33. The van der Waals surface area contributed by atoms with Gasteiger partial charge in [-0.1, -0.05) is 6.07 Å². The van der Waals surface area contributed by atoms with Crippen molar-refractivity contribution in [1.29, 1.82) is 0 Å². The van der Waals surface area contributed by atoms with Crippen LogP contribution in [0.15, 0.2) is 41.4 Å². The highest BCUT2D eigenvalue weighted by Crippen LogP contribution is 2.33. The summed E-state index contributed by atoms with van der Waals surface area (Å²) in [5.74, 6) is 0.105. The van der Waals surface area contributed by atoms with Gasteiger partial charge in [-0.2, -0.15) is 13.2 Å². The first kappa shape index (κ1) is 22.1. The third-order valence-electron chi connectivity index (χ3n) is 3.82. The smallest absolute Gasteiger partial charge is 0.416 e. The molecule has 0 unspecified atom stereocenters. The van der Waals surface area contributed by atoms with Crippen LogP contribution in [0.3, 0.4) is 0 Å². The van der Waals surface area contributed by atoms with E-state index in [0.29, 0.717) is 36.5 Å². The van der Waals surface area contributed by atoms with Crippen molar-refractivity contribution in [2.24, 2.45) is 10.7 Å². The van der Waals surface area contributed by atoms with Gasteiger partial charge in [0, 0.05) is 18.2 Å². The maximum Gasteiger partial charge on any atom is 0.416 e. The zero-order chi connectivity index (χ0) is 19.4. The summed E-state index contributed by atoms with van der Waals surface area (Å²) in [5, 5.41) is 2.79. The second-order valence-electron chi connectivity index (χ2n) is 5.84. The summed E-state index contributed by atoms with van der Waals surface area (Å²) in [6, 6.07) is 7.50. The predicted molar refractivity (Wildman–Crippen MR) is 108 cm³/mol. The molecule has 0 atom stereocenters. The maximum absolute atomic E-state index is 13.1. The first-order chi connectivity index (χ1) is 12.8. The zero-order valence-corrected chi connectivity index (χ0v) is 16.9. The molecular weight excluding hydrogens is 493 g/mol. The Labute approximate surface area is 175 Å². The Morgan fingerprint density at radius 1 is 1.07 bits per heavy atom. The van der Waals surface area contributed by atoms with Crippen molar-refractivity contribution in [1.82, 2.24) is 0 Å². The summed E-state index contributed by atoms with van der Waals surface area (Å²) < 4.78 is 63.2. The van der Waals surface area contributed by atoms with Crippen LogP contribution in [0.25, 0.3) is 0 Å². The summed E-state index contributed by atoms with van der Waals surface area (Å²) in [4.78, 5) is 3.91. The number of aliphatic imine (C=N–C) groups is 1. The molecule has 2 aromatic carbocycles. The molecule has 1 heterocycles. The van der Waals surface area contributed by atoms with Crippen molar-refractivity contribution in [3.63, 3.8) is 0 Å². The minimum Gasteiger partial charge on any atom is -0.490 e. The molecule has 1 aliphatic heterocycles. The van der Waals surface area contributed by atoms with E-state index in [4.69, 9.17) is 15.2 Å². The first-order valence-electron chi connectivity index (χ1n) is 8.15. The Hall–Kier alpha value is -2.24. The van der Waals surface area contributed by atoms with Gasteiger partial charge in [-0.15, -0.1) is 24.0 Å². The zero-order valence-electron chi connectivity index (χ0n) is 14.6. The van der Waals surface area contributed by atoms with E-state index in [0.717, 1.165) is 18.6 Å². The fourth-order valence-corrected chi connectivity index (χ4v) is 2.55. The van der Waals surface area contributed by atoms with Gasteiger partial charge in [0.25, 0.3) is 0 Å². The molecule has 152 valence electrons. The molecule has 28 heavy (non-hydrogen) atoms. The number of halogens is 5. The predicted octanol–water partition coefficient (Wildman–Crippen LogP) is 4.55. The van der Waals surface area contributed by atoms with Crippen LogP contribution in [-0.4, -0.2) is 19.2 Å². The second-order valence-corrected chi connectivity index (χ2v) is 5.84. The van der Waals surface area contributed by atoms with Crippen LogP contribution in [-0.2, 0) is 12.7 Å². The van der Waals surface area contributed by atoms with Gasteiger partial charge in [0.15, 0.2) is 17.5 Å². The van der Waals surface area contributed by atoms with Crippen molar-refractivity contribution in [2.45, 2.75) is 19.1 Å². The number of guanidine groups is 1. The fraction of sp³-hybridized carbons (Fsp3) is 0.278. The standard InChI is InChI=1S/C18H17F4N3O2.HI/c19-12-3-2-11(14(8-12)18(20,21)22)10-24-17(23)25-13-4-5-15-16(9-13)27-7-1-6-26-15;/h2-5,8-9H,1,6-7,10H2,(H3,23,24,25);1H. The van der Waals surface area contributed by atoms with Crippen LogP contribution in [0.5, 0.6) is 11.5 Å². The average molecular weight is 511 g/mol. The van der Waals surface area contributed by atoms with Crippen molar-refractivity contribution >= 4 is 35.6 Å². The summed E-state index contributed by atoms with van der Waals surface area (Å²) >= 11 is 0. The van der Waals surface area contributed by atoms with Gasteiger partial charge < -0.3 is 20.5 Å². The van der Waals surface area contributed by atoms with Gasteiger partial charge in [-0.3, -0.25) is 0 Å². The highest BCUT2D eigenvalue weighted by molar-refractivity contribution is 14.0. The molecule has 3 rings (SSSR count). The van der Waals surface area contributed by atoms with Gasteiger partial charge in [0.2, 0.25) is 0 Å². The number of ether oxygens (including phenoxy) is 2. The molecule has 0 aromatic heterocycles. The van der Waals surface area contributed by atoms with E-state index in [-0.39, 0.29) is 42.0 Å². The number of nitrogens with one attached hydrogen (secondary N) is 1. The molecule has 5 nitrogen and oxygen atoms in total. The lowest BCUT2D eigenvalue weighted by Gasteiger charge is -2.13. The molecule has 1 aliphatic rings.